The minimum atomic E-state index is -0.283. The van der Waals surface area contributed by atoms with Gasteiger partial charge in [-0.2, -0.15) is 15.0 Å². The largest absolute Gasteiger partial charge is 0.467 e. The van der Waals surface area contributed by atoms with E-state index in [1.54, 1.807) is 7.05 Å². The maximum absolute atomic E-state index is 10.5. The predicted octanol–water partition coefficient (Wildman–Crippen LogP) is -0.0106. The lowest BCUT2D eigenvalue weighted by Crippen LogP contribution is -2.12. The van der Waals surface area contributed by atoms with Gasteiger partial charge in [0.15, 0.2) is 0 Å². The van der Waals surface area contributed by atoms with Crippen molar-refractivity contribution in [2.75, 3.05) is 31.3 Å². The number of anilines is 2. The van der Waals surface area contributed by atoms with E-state index in [2.05, 4.69) is 25.6 Å². The average Bonchev–Trinajstić information content (AvgIpc) is 2.37. The molecule has 0 aliphatic heterocycles. The Hall–Kier alpha value is -2.12. The molecule has 100 valence electrons. The first-order valence-electron chi connectivity index (χ1n) is 5.65. The standard InChI is InChI=1S/C10H18N6O2/c1-12-8-14-9(16-10(15-8)18-2)13-6-4-3-5-7(11)17/h3-6H2,1-2H3,(H2,11,17)(H2,12,13,14,15,16). The summed E-state index contributed by atoms with van der Waals surface area (Å²) in [4.78, 5) is 22.7. The molecule has 0 spiro atoms. The number of hydrogen-bond acceptors (Lipinski definition) is 7. The number of nitrogens with zero attached hydrogens (tertiary/aromatic N) is 3. The van der Waals surface area contributed by atoms with Gasteiger partial charge >= 0.3 is 6.01 Å². The van der Waals surface area contributed by atoms with Crippen LogP contribution in [0.25, 0.3) is 0 Å². The van der Waals surface area contributed by atoms with Gasteiger partial charge in [0.2, 0.25) is 17.8 Å². The molecule has 0 radical (unpaired) electrons. The highest BCUT2D eigenvalue weighted by Crippen LogP contribution is 2.10. The number of amides is 1. The van der Waals surface area contributed by atoms with Crippen molar-refractivity contribution in [3.8, 4) is 6.01 Å². The maximum Gasteiger partial charge on any atom is 0.322 e. The molecule has 0 unspecified atom stereocenters. The summed E-state index contributed by atoms with van der Waals surface area (Å²) in [5, 5.41) is 5.85. The maximum atomic E-state index is 10.5. The summed E-state index contributed by atoms with van der Waals surface area (Å²) in [5.41, 5.74) is 5.04. The van der Waals surface area contributed by atoms with Gasteiger partial charge in [0, 0.05) is 20.0 Å². The Morgan fingerprint density at radius 2 is 2.00 bits per heavy atom. The van der Waals surface area contributed by atoms with Gasteiger partial charge in [-0.1, -0.05) is 0 Å². The third-order valence-electron chi connectivity index (χ3n) is 2.15. The third kappa shape index (κ3) is 4.81. The molecular formula is C10H18N6O2. The summed E-state index contributed by atoms with van der Waals surface area (Å²) in [5.74, 6) is 0.584. The number of primary amides is 1. The van der Waals surface area contributed by atoms with Gasteiger partial charge in [0.05, 0.1) is 7.11 Å². The molecule has 1 aromatic rings. The molecule has 4 N–H and O–H groups in total. The van der Waals surface area contributed by atoms with E-state index in [-0.39, 0.29) is 11.9 Å². The number of carbonyl (C=O) groups is 1. The van der Waals surface area contributed by atoms with Crippen molar-refractivity contribution in [2.24, 2.45) is 5.73 Å². The molecule has 0 aliphatic carbocycles. The number of nitrogens with two attached hydrogens (primary N) is 1. The Labute approximate surface area is 105 Å². The molecule has 18 heavy (non-hydrogen) atoms. The quantitative estimate of drug-likeness (QED) is 0.559. The number of carbonyl (C=O) groups excluding carboxylic acids is 1. The van der Waals surface area contributed by atoms with E-state index < -0.39 is 0 Å². The topological polar surface area (TPSA) is 115 Å². The van der Waals surface area contributed by atoms with Crippen LogP contribution in [-0.2, 0) is 4.79 Å². The first kappa shape index (κ1) is 13.9. The Morgan fingerprint density at radius 1 is 1.28 bits per heavy atom. The third-order valence-corrected chi connectivity index (χ3v) is 2.15. The Morgan fingerprint density at radius 3 is 2.61 bits per heavy atom. The van der Waals surface area contributed by atoms with Crippen LogP contribution in [0.1, 0.15) is 19.3 Å². The van der Waals surface area contributed by atoms with Crippen LogP contribution in [0, 0.1) is 0 Å². The predicted molar refractivity (Wildman–Crippen MR) is 67.5 cm³/mol. The van der Waals surface area contributed by atoms with Crippen LogP contribution in [0.3, 0.4) is 0 Å². The van der Waals surface area contributed by atoms with Crippen LogP contribution < -0.4 is 21.1 Å². The van der Waals surface area contributed by atoms with Crippen molar-refractivity contribution < 1.29 is 9.53 Å². The highest BCUT2D eigenvalue weighted by molar-refractivity contribution is 5.73. The number of hydrogen-bond donors (Lipinski definition) is 3. The minimum Gasteiger partial charge on any atom is -0.467 e. The molecule has 8 nitrogen and oxygen atoms in total. The second-order valence-corrected chi connectivity index (χ2v) is 3.57. The summed E-state index contributed by atoms with van der Waals surface area (Å²) in [6.45, 7) is 0.656. The van der Waals surface area contributed by atoms with E-state index in [1.165, 1.54) is 7.11 Å². The van der Waals surface area contributed by atoms with Crippen molar-refractivity contribution in [1.29, 1.82) is 0 Å². The second kappa shape index (κ2) is 7.25. The lowest BCUT2D eigenvalue weighted by molar-refractivity contribution is -0.118. The molecule has 1 rings (SSSR count). The zero-order valence-corrected chi connectivity index (χ0v) is 10.6. The van der Waals surface area contributed by atoms with Crippen LogP contribution in [0.4, 0.5) is 11.9 Å². The summed E-state index contributed by atoms with van der Waals surface area (Å²) in [6, 6.07) is 0.244. The zero-order chi connectivity index (χ0) is 13.4. The number of unbranched alkanes of at least 4 members (excludes halogenated alkanes) is 1. The monoisotopic (exact) mass is 254 g/mol. The van der Waals surface area contributed by atoms with Gasteiger partial charge in [0.1, 0.15) is 0 Å². The summed E-state index contributed by atoms with van der Waals surface area (Å²) >= 11 is 0. The van der Waals surface area contributed by atoms with Crippen molar-refractivity contribution in [2.45, 2.75) is 19.3 Å². The molecule has 1 amide bonds. The number of rotatable bonds is 8. The normalized spacial score (nSPS) is 9.89. The van der Waals surface area contributed by atoms with Crippen molar-refractivity contribution in [3.63, 3.8) is 0 Å². The fraction of sp³-hybridized carbons (Fsp3) is 0.600. The molecule has 8 heteroatoms. The van der Waals surface area contributed by atoms with E-state index in [4.69, 9.17) is 10.5 Å². The summed E-state index contributed by atoms with van der Waals surface area (Å²) in [6.07, 6.45) is 1.94. The molecule has 0 atom stereocenters. The van der Waals surface area contributed by atoms with Gasteiger partial charge in [-0.25, -0.2) is 0 Å². The van der Waals surface area contributed by atoms with E-state index in [1.807, 2.05) is 0 Å². The van der Waals surface area contributed by atoms with Gasteiger partial charge in [-0.05, 0) is 12.8 Å². The minimum absolute atomic E-state index is 0.244. The van der Waals surface area contributed by atoms with E-state index in [0.717, 1.165) is 12.8 Å². The fourth-order valence-electron chi connectivity index (χ4n) is 1.26. The first-order valence-corrected chi connectivity index (χ1v) is 5.65. The molecule has 1 heterocycles. The van der Waals surface area contributed by atoms with E-state index >= 15 is 0 Å². The van der Waals surface area contributed by atoms with Crippen molar-refractivity contribution in [1.82, 2.24) is 15.0 Å². The molecule has 0 fully saturated rings. The zero-order valence-electron chi connectivity index (χ0n) is 10.6. The van der Waals surface area contributed by atoms with Gasteiger partial charge in [-0.15, -0.1) is 0 Å². The Balaban J connectivity index is 2.43. The molecule has 0 saturated heterocycles. The number of aromatic nitrogens is 3. The second-order valence-electron chi connectivity index (χ2n) is 3.57. The Bertz CT molecular complexity index is 376. The van der Waals surface area contributed by atoms with Crippen molar-refractivity contribution >= 4 is 17.8 Å². The summed E-state index contributed by atoms with van der Waals surface area (Å²) < 4.78 is 4.95. The van der Waals surface area contributed by atoms with E-state index in [0.29, 0.717) is 24.9 Å². The highest BCUT2D eigenvalue weighted by atomic mass is 16.5. The van der Waals surface area contributed by atoms with Gasteiger partial charge in [0.25, 0.3) is 0 Å². The highest BCUT2D eigenvalue weighted by Gasteiger charge is 2.04. The van der Waals surface area contributed by atoms with Gasteiger partial charge in [-0.3, -0.25) is 4.79 Å². The van der Waals surface area contributed by atoms with Crippen LogP contribution in [0.15, 0.2) is 0 Å². The van der Waals surface area contributed by atoms with E-state index in [9.17, 15) is 4.79 Å². The molecule has 1 aromatic heterocycles. The molecule has 0 aliphatic rings. The van der Waals surface area contributed by atoms with Crippen LogP contribution in [0.5, 0.6) is 6.01 Å². The lowest BCUT2D eigenvalue weighted by Gasteiger charge is -2.07. The molecular weight excluding hydrogens is 236 g/mol. The average molecular weight is 254 g/mol. The lowest BCUT2D eigenvalue weighted by atomic mass is 10.2. The molecule has 0 bridgehead atoms. The molecule has 0 saturated carbocycles. The number of nitrogens with one attached hydrogen (secondary N) is 2. The summed E-state index contributed by atoms with van der Waals surface area (Å²) in [7, 11) is 3.21. The van der Waals surface area contributed by atoms with Crippen molar-refractivity contribution in [3.05, 3.63) is 0 Å². The van der Waals surface area contributed by atoms with Crippen LogP contribution >= 0.6 is 0 Å². The van der Waals surface area contributed by atoms with Gasteiger partial charge < -0.3 is 21.1 Å². The fourth-order valence-corrected chi connectivity index (χ4v) is 1.26. The van der Waals surface area contributed by atoms with Crippen LogP contribution in [0.2, 0.25) is 0 Å². The number of ether oxygens (including phenoxy) is 1. The number of methoxy groups -OCH3 is 1. The smallest absolute Gasteiger partial charge is 0.322 e. The SMILES string of the molecule is CNc1nc(NCCCCC(N)=O)nc(OC)n1. The van der Waals surface area contributed by atoms with Crippen LogP contribution in [-0.4, -0.2) is 41.6 Å². The molecule has 0 aromatic carbocycles. The first-order chi connectivity index (χ1) is 8.65. The Kier molecular flexibility index (Phi) is 5.62.